The molecule has 3 heterocycles. The van der Waals surface area contributed by atoms with Crippen molar-refractivity contribution in [3.8, 4) is 11.3 Å². The summed E-state index contributed by atoms with van der Waals surface area (Å²) in [7, 11) is 0.983. The highest BCUT2D eigenvalue weighted by molar-refractivity contribution is 6.53. The molecule has 0 spiro atoms. The van der Waals surface area contributed by atoms with Crippen molar-refractivity contribution in [3.05, 3.63) is 60.0 Å². The van der Waals surface area contributed by atoms with Gasteiger partial charge in [0.25, 0.3) is 5.91 Å². The first-order valence-electron chi connectivity index (χ1n) is 13.2. The number of rotatable bonds is 10. The summed E-state index contributed by atoms with van der Waals surface area (Å²) in [5.74, 6) is 0.0870. The van der Waals surface area contributed by atoms with E-state index in [1.165, 1.54) is 0 Å². The second-order valence-electron chi connectivity index (χ2n) is 11.7. The monoisotopic (exact) mass is 547 g/mol. The largest absolute Gasteiger partial charge is 0.416 e. The molecule has 0 fully saturated rings. The molecule has 4 rings (SSSR count). The van der Waals surface area contributed by atoms with Gasteiger partial charge < -0.3 is 14.1 Å². The van der Waals surface area contributed by atoms with Crippen molar-refractivity contribution >= 4 is 31.9 Å². The van der Waals surface area contributed by atoms with E-state index < -0.39 is 14.6 Å². The molecule has 39 heavy (non-hydrogen) atoms. The Labute approximate surface area is 232 Å². The third-order valence-corrected chi connectivity index (χ3v) is 9.34. The van der Waals surface area contributed by atoms with E-state index in [9.17, 15) is 9.90 Å². The number of nitrogens with zero attached hydrogens (tertiary/aromatic N) is 5. The lowest BCUT2D eigenvalue weighted by Crippen LogP contribution is -2.27. The van der Waals surface area contributed by atoms with Crippen LogP contribution in [0.3, 0.4) is 0 Å². The van der Waals surface area contributed by atoms with Crippen LogP contribution in [0.1, 0.15) is 57.0 Å². The number of carbonyl (C=O) groups excluding carboxylic acids is 1. The van der Waals surface area contributed by atoms with Crippen LogP contribution in [-0.2, 0) is 24.4 Å². The van der Waals surface area contributed by atoms with Crippen molar-refractivity contribution in [1.29, 1.82) is 0 Å². The van der Waals surface area contributed by atoms with Crippen molar-refractivity contribution in [2.45, 2.75) is 71.2 Å². The van der Waals surface area contributed by atoms with Crippen molar-refractivity contribution in [3.63, 3.8) is 0 Å². The van der Waals surface area contributed by atoms with Gasteiger partial charge in [-0.3, -0.25) is 19.8 Å². The second kappa shape index (κ2) is 11.4. The van der Waals surface area contributed by atoms with Crippen molar-refractivity contribution in [1.82, 2.24) is 24.3 Å². The standard InChI is InChI=1S/C29H39N6O3Si/c1-28(2,3)39(7)38-14-8-9-20-10-11-25-24(15-20)32-27(35(25)19-29(4,5)37)33-26(36)21-12-13-30-23(16-21)22-17-31-34(6)18-22/h10-13,15-18,37H,8-9,14,19H2,1-7H3,(H,32,33,36). The van der Waals surface area contributed by atoms with Crippen LogP contribution in [0.15, 0.2) is 48.9 Å². The maximum absolute atomic E-state index is 13.3. The van der Waals surface area contributed by atoms with Gasteiger partial charge in [-0.2, -0.15) is 5.10 Å². The van der Waals surface area contributed by atoms with Crippen LogP contribution in [-0.4, -0.2) is 56.6 Å². The lowest BCUT2D eigenvalue weighted by Gasteiger charge is -2.24. The van der Waals surface area contributed by atoms with Crippen LogP contribution >= 0.6 is 0 Å². The number of benzene rings is 1. The number of aromatic nitrogens is 5. The van der Waals surface area contributed by atoms with Crippen molar-refractivity contribution in [2.24, 2.45) is 7.05 Å². The number of nitrogens with one attached hydrogen (secondary N) is 1. The summed E-state index contributed by atoms with van der Waals surface area (Å²) in [5, 5.41) is 18.0. The number of fused-ring (bicyclic) bond motifs is 1. The van der Waals surface area contributed by atoms with Gasteiger partial charge in [0.05, 0.1) is 35.1 Å². The Balaban J connectivity index is 1.54. The molecule has 0 saturated carbocycles. The van der Waals surface area contributed by atoms with Crippen LogP contribution < -0.4 is 5.32 Å². The highest BCUT2D eigenvalue weighted by Gasteiger charge is 2.24. The van der Waals surface area contributed by atoms with Crippen LogP contribution in [0.25, 0.3) is 22.3 Å². The Kier molecular flexibility index (Phi) is 8.39. The first-order valence-corrected chi connectivity index (χ1v) is 15.2. The Bertz CT molecular complexity index is 1450. The molecule has 4 aromatic rings. The normalized spacial score (nSPS) is 12.4. The number of pyridine rings is 1. The molecule has 1 radical (unpaired) electrons. The summed E-state index contributed by atoms with van der Waals surface area (Å²) >= 11 is 0. The summed E-state index contributed by atoms with van der Waals surface area (Å²) in [6.45, 7) is 13.4. The number of aliphatic hydroxyl groups is 1. The van der Waals surface area contributed by atoms with Gasteiger partial charge in [-0.05, 0) is 68.1 Å². The Morgan fingerprint density at radius 1 is 1.15 bits per heavy atom. The van der Waals surface area contributed by atoms with Gasteiger partial charge in [0.1, 0.15) is 0 Å². The van der Waals surface area contributed by atoms with Gasteiger partial charge in [0.15, 0.2) is 0 Å². The first kappa shape index (κ1) is 28.7. The van der Waals surface area contributed by atoms with E-state index >= 15 is 0 Å². The minimum absolute atomic E-state index is 0.217. The first-order chi connectivity index (χ1) is 18.3. The third kappa shape index (κ3) is 7.40. The van der Waals surface area contributed by atoms with Crippen molar-refractivity contribution < 1.29 is 14.3 Å². The number of hydrogen-bond acceptors (Lipinski definition) is 6. The molecule has 10 heteroatoms. The Morgan fingerprint density at radius 3 is 2.59 bits per heavy atom. The fourth-order valence-electron chi connectivity index (χ4n) is 4.15. The van der Waals surface area contributed by atoms with Crippen LogP contribution in [0.5, 0.6) is 0 Å². The molecule has 2 N–H and O–H groups in total. The minimum Gasteiger partial charge on any atom is -0.416 e. The number of carbonyl (C=O) groups is 1. The van der Waals surface area contributed by atoms with E-state index in [1.807, 2.05) is 23.9 Å². The summed E-state index contributed by atoms with van der Waals surface area (Å²) in [5.41, 5.74) is 3.73. The zero-order chi connectivity index (χ0) is 28.4. The average molecular weight is 548 g/mol. The number of anilines is 1. The van der Waals surface area contributed by atoms with E-state index in [-0.39, 0.29) is 17.5 Å². The van der Waals surface area contributed by atoms with E-state index in [4.69, 9.17) is 9.41 Å². The molecule has 0 atom stereocenters. The number of imidazole rings is 1. The molecule has 0 unspecified atom stereocenters. The third-order valence-electron chi connectivity index (χ3n) is 6.59. The van der Waals surface area contributed by atoms with Crippen LogP contribution in [0.4, 0.5) is 5.95 Å². The molecular formula is C29H39N6O3Si. The van der Waals surface area contributed by atoms with Gasteiger partial charge in [0.2, 0.25) is 15.0 Å². The topological polar surface area (TPSA) is 107 Å². The quantitative estimate of drug-likeness (QED) is 0.208. The maximum atomic E-state index is 13.3. The molecule has 3 aromatic heterocycles. The number of aryl methyl sites for hydroxylation is 2. The highest BCUT2D eigenvalue weighted by atomic mass is 28.3. The average Bonchev–Trinajstić information content (AvgIpc) is 3.43. The zero-order valence-corrected chi connectivity index (χ0v) is 24.9. The Morgan fingerprint density at radius 2 is 1.92 bits per heavy atom. The van der Waals surface area contributed by atoms with Crippen LogP contribution in [0, 0.1) is 0 Å². The molecule has 0 saturated heterocycles. The summed E-state index contributed by atoms with van der Waals surface area (Å²) in [6.07, 6.45) is 6.98. The van der Waals surface area contributed by atoms with Crippen LogP contribution in [0.2, 0.25) is 11.6 Å². The van der Waals surface area contributed by atoms with E-state index in [1.54, 1.807) is 43.1 Å². The molecule has 1 aromatic carbocycles. The van der Waals surface area contributed by atoms with Gasteiger partial charge in [0, 0.05) is 37.2 Å². The number of amides is 1. The smallest absolute Gasteiger partial charge is 0.258 e. The summed E-state index contributed by atoms with van der Waals surface area (Å²) < 4.78 is 9.67. The summed E-state index contributed by atoms with van der Waals surface area (Å²) in [6, 6.07) is 9.55. The SMILES string of the molecule is Cn1cc(-c2cc(C(=O)Nc3nc4cc(CCCO[Si](C)C(C)(C)C)ccc4n3CC(C)(C)O)ccn2)cn1. The van der Waals surface area contributed by atoms with Gasteiger partial charge in [-0.1, -0.05) is 26.8 Å². The van der Waals surface area contributed by atoms with Crippen molar-refractivity contribution in [2.75, 3.05) is 11.9 Å². The molecule has 1 amide bonds. The van der Waals surface area contributed by atoms with Gasteiger partial charge >= 0.3 is 0 Å². The lowest BCUT2D eigenvalue weighted by molar-refractivity contribution is 0.0630. The predicted molar refractivity (Wildman–Crippen MR) is 156 cm³/mol. The lowest BCUT2D eigenvalue weighted by atomic mass is 10.1. The van der Waals surface area contributed by atoms with E-state index in [2.05, 4.69) is 54.9 Å². The van der Waals surface area contributed by atoms with Gasteiger partial charge in [-0.25, -0.2) is 4.98 Å². The molecule has 0 bridgehead atoms. The molecule has 0 aliphatic rings. The maximum Gasteiger partial charge on any atom is 0.258 e. The van der Waals surface area contributed by atoms with E-state index in [0.29, 0.717) is 17.2 Å². The molecular weight excluding hydrogens is 508 g/mol. The molecule has 0 aliphatic heterocycles. The second-order valence-corrected chi connectivity index (χ2v) is 14.6. The Hall–Kier alpha value is -3.34. The zero-order valence-electron chi connectivity index (χ0n) is 23.9. The molecule has 207 valence electrons. The molecule has 0 aliphatic carbocycles. The van der Waals surface area contributed by atoms with E-state index in [0.717, 1.165) is 41.6 Å². The predicted octanol–water partition coefficient (Wildman–Crippen LogP) is 5.23. The fraction of sp³-hybridized carbons (Fsp3) is 0.448. The van der Waals surface area contributed by atoms with Gasteiger partial charge in [-0.15, -0.1) is 0 Å². The summed E-state index contributed by atoms with van der Waals surface area (Å²) in [4.78, 5) is 22.4. The minimum atomic E-state index is -1.00. The number of hydrogen-bond donors (Lipinski definition) is 2. The highest BCUT2D eigenvalue weighted by Crippen LogP contribution is 2.28. The molecule has 9 nitrogen and oxygen atoms in total. The fourth-order valence-corrected chi connectivity index (χ4v) is 5.03.